The van der Waals surface area contributed by atoms with Gasteiger partial charge in [-0.25, -0.2) is 4.39 Å². The minimum absolute atomic E-state index is 0.0710. The quantitative estimate of drug-likeness (QED) is 0.593. The first-order valence-corrected chi connectivity index (χ1v) is 10.6. The molecule has 0 saturated carbocycles. The normalized spacial score (nSPS) is 18.6. The van der Waals surface area contributed by atoms with E-state index in [9.17, 15) is 14.3 Å². The molecule has 4 rings (SSSR count). The molecule has 0 aliphatic carbocycles. The number of rotatable bonds is 6. The van der Waals surface area contributed by atoms with Gasteiger partial charge in [0.1, 0.15) is 17.9 Å². The molecule has 4 nitrogen and oxygen atoms in total. The number of nitrogens with zero attached hydrogens (tertiary/aromatic N) is 2. The average molecular weight is 419 g/mol. The molecule has 5 heteroatoms. The van der Waals surface area contributed by atoms with Gasteiger partial charge in [-0.1, -0.05) is 42.5 Å². The van der Waals surface area contributed by atoms with Crippen LogP contribution in [0.4, 0.5) is 4.39 Å². The Bertz CT molecular complexity index is 1050. The second kappa shape index (κ2) is 9.41. The molecule has 1 saturated heterocycles. The first-order valence-electron chi connectivity index (χ1n) is 10.6. The summed E-state index contributed by atoms with van der Waals surface area (Å²) in [7, 11) is 0. The van der Waals surface area contributed by atoms with E-state index in [1.807, 2.05) is 36.4 Å². The van der Waals surface area contributed by atoms with Gasteiger partial charge >= 0.3 is 0 Å². The van der Waals surface area contributed by atoms with Gasteiger partial charge in [-0.05, 0) is 53.9 Å². The number of halogens is 1. The summed E-state index contributed by atoms with van der Waals surface area (Å²) in [6.45, 7) is 5.43. The van der Waals surface area contributed by atoms with E-state index in [1.165, 1.54) is 6.07 Å². The predicted molar refractivity (Wildman–Crippen MR) is 120 cm³/mol. The minimum atomic E-state index is -0.205. The van der Waals surface area contributed by atoms with Crippen LogP contribution in [-0.4, -0.2) is 46.9 Å². The summed E-state index contributed by atoms with van der Waals surface area (Å²) in [6, 6.07) is 21.9. The smallest absolute Gasteiger partial charge is 0.150 e. The van der Waals surface area contributed by atoms with Crippen molar-refractivity contribution in [2.45, 2.75) is 25.6 Å². The van der Waals surface area contributed by atoms with E-state index in [1.54, 1.807) is 30.3 Å². The molecule has 0 aromatic heterocycles. The van der Waals surface area contributed by atoms with Gasteiger partial charge in [0.05, 0.1) is 6.04 Å². The van der Waals surface area contributed by atoms with Gasteiger partial charge in [-0.2, -0.15) is 0 Å². The molecular weight excluding hydrogens is 391 g/mol. The Labute approximate surface area is 182 Å². The minimum Gasteiger partial charge on any atom is -0.508 e. The lowest BCUT2D eigenvalue weighted by molar-refractivity contribution is 0.0567. The number of hydrogen-bond acceptors (Lipinski definition) is 4. The summed E-state index contributed by atoms with van der Waals surface area (Å²) >= 11 is 0. The van der Waals surface area contributed by atoms with Crippen molar-refractivity contribution in [2.24, 2.45) is 0 Å². The first kappa shape index (κ1) is 21.2. The summed E-state index contributed by atoms with van der Waals surface area (Å²) in [5, 5.41) is 10.1. The highest BCUT2D eigenvalue weighted by molar-refractivity contribution is 5.75. The number of carbonyl (C=O) groups is 1. The Kier molecular flexibility index (Phi) is 6.44. The molecule has 0 radical (unpaired) electrons. The predicted octanol–water partition coefficient (Wildman–Crippen LogP) is 4.64. The molecule has 0 spiro atoms. The van der Waals surface area contributed by atoms with Gasteiger partial charge in [0.2, 0.25) is 0 Å². The fourth-order valence-corrected chi connectivity index (χ4v) is 4.54. The Morgan fingerprint density at radius 2 is 1.77 bits per heavy atom. The van der Waals surface area contributed by atoms with E-state index < -0.39 is 0 Å². The number of hydrogen-bond donors (Lipinski definition) is 1. The van der Waals surface area contributed by atoms with Crippen molar-refractivity contribution < 1.29 is 14.3 Å². The number of phenolic OH excluding ortho intramolecular Hbond substituents is 1. The van der Waals surface area contributed by atoms with Gasteiger partial charge in [0.25, 0.3) is 0 Å². The Morgan fingerprint density at radius 3 is 2.48 bits per heavy atom. The number of aldehydes is 1. The topological polar surface area (TPSA) is 43.8 Å². The van der Waals surface area contributed by atoms with Gasteiger partial charge in [-0.15, -0.1) is 0 Å². The number of phenols is 1. The van der Waals surface area contributed by atoms with Crippen LogP contribution in [0.3, 0.4) is 0 Å². The molecule has 3 aromatic rings. The molecule has 1 N–H and O–H groups in total. The lowest BCUT2D eigenvalue weighted by Gasteiger charge is -2.44. The molecule has 1 fully saturated rings. The summed E-state index contributed by atoms with van der Waals surface area (Å²) < 4.78 is 13.6. The zero-order valence-corrected chi connectivity index (χ0v) is 17.6. The Hall–Kier alpha value is -3.02. The van der Waals surface area contributed by atoms with Crippen LogP contribution in [0.25, 0.3) is 0 Å². The second-order valence-electron chi connectivity index (χ2n) is 8.24. The third kappa shape index (κ3) is 5.01. The van der Waals surface area contributed by atoms with Crippen molar-refractivity contribution in [1.29, 1.82) is 0 Å². The molecule has 2 atom stereocenters. The van der Waals surface area contributed by atoms with Crippen LogP contribution < -0.4 is 0 Å². The largest absolute Gasteiger partial charge is 0.508 e. The highest BCUT2D eigenvalue weighted by Crippen LogP contribution is 2.34. The van der Waals surface area contributed by atoms with Crippen molar-refractivity contribution in [3.63, 3.8) is 0 Å². The molecular formula is C26H27FN2O2. The molecule has 2 unspecified atom stereocenters. The fraction of sp³-hybridized carbons (Fsp3) is 0.269. The van der Waals surface area contributed by atoms with E-state index in [0.717, 1.165) is 42.6 Å². The lowest BCUT2D eigenvalue weighted by Crippen LogP contribution is -2.52. The van der Waals surface area contributed by atoms with Crippen molar-refractivity contribution >= 4 is 6.29 Å². The van der Waals surface area contributed by atoms with Crippen LogP contribution in [0, 0.1) is 5.82 Å². The number of carbonyl (C=O) groups excluding carboxylic acids is 1. The van der Waals surface area contributed by atoms with E-state index in [4.69, 9.17) is 0 Å². The van der Waals surface area contributed by atoms with Gasteiger partial charge < -0.3 is 5.11 Å². The maximum Gasteiger partial charge on any atom is 0.150 e. The van der Waals surface area contributed by atoms with Gasteiger partial charge in [-0.3, -0.25) is 14.6 Å². The average Bonchev–Trinajstić information content (AvgIpc) is 2.76. The van der Waals surface area contributed by atoms with Gasteiger partial charge in [0, 0.05) is 37.8 Å². The number of piperazine rings is 1. The maximum atomic E-state index is 13.6. The van der Waals surface area contributed by atoms with Crippen LogP contribution in [0.2, 0.25) is 0 Å². The van der Waals surface area contributed by atoms with E-state index >= 15 is 0 Å². The Morgan fingerprint density at radius 1 is 1.03 bits per heavy atom. The highest BCUT2D eigenvalue weighted by atomic mass is 19.1. The molecule has 160 valence electrons. The molecule has 0 bridgehead atoms. The molecule has 1 aliphatic rings. The van der Waals surface area contributed by atoms with Crippen molar-refractivity contribution in [2.75, 3.05) is 19.6 Å². The summed E-state index contributed by atoms with van der Waals surface area (Å²) in [4.78, 5) is 16.1. The van der Waals surface area contributed by atoms with E-state index in [0.29, 0.717) is 12.1 Å². The second-order valence-corrected chi connectivity index (χ2v) is 8.24. The highest BCUT2D eigenvalue weighted by Gasteiger charge is 2.31. The molecule has 3 aromatic carbocycles. The van der Waals surface area contributed by atoms with Crippen LogP contribution >= 0.6 is 0 Å². The van der Waals surface area contributed by atoms with E-state index in [-0.39, 0.29) is 23.7 Å². The lowest BCUT2D eigenvalue weighted by atomic mass is 9.93. The SMILES string of the molecule is CC1CN(Cc2cccc(F)c2)CCN1C(c1cccc(O)c1)c1cccc(C=O)c1. The zero-order chi connectivity index (χ0) is 21.8. The van der Waals surface area contributed by atoms with Crippen LogP contribution in [0.15, 0.2) is 72.8 Å². The summed E-state index contributed by atoms with van der Waals surface area (Å²) in [6.07, 6.45) is 0.864. The molecule has 0 amide bonds. The number of aromatic hydroxyl groups is 1. The van der Waals surface area contributed by atoms with Gasteiger partial charge in [0.15, 0.2) is 0 Å². The molecule has 1 aliphatic heterocycles. The van der Waals surface area contributed by atoms with Crippen molar-refractivity contribution in [1.82, 2.24) is 9.80 Å². The fourth-order valence-electron chi connectivity index (χ4n) is 4.54. The maximum absolute atomic E-state index is 13.6. The zero-order valence-electron chi connectivity index (χ0n) is 17.6. The van der Waals surface area contributed by atoms with Crippen LogP contribution in [-0.2, 0) is 6.54 Å². The van der Waals surface area contributed by atoms with Crippen LogP contribution in [0.1, 0.15) is 40.0 Å². The van der Waals surface area contributed by atoms with Crippen molar-refractivity contribution in [3.8, 4) is 5.75 Å². The molecule has 1 heterocycles. The standard InChI is InChI=1S/C26H27FN2O2/c1-19-16-28(17-20-5-3-9-24(27)14-20)11-12-29(19)26(23-8-4-10-25(31)15-23)22-7-2-6-21(13-22)18-30/h2-10,13-15,18-19,26,31H,11-12,16-17H2,1H3. The van der Waals surface area contributed by atoms with Crippen LogP contribution in [0.5, 0.6) is 5.75 Å². The summed E-state index contributed by atoms with van der Waals surface area (Å²) in [5.41, 5.74) is 3.64. The Balaban J connectivity index is 1.59. The third-order valence-electron chi connectivity index (χ3n) is 5.94. The molecule has 31 heavy (non-hydrogen) atoms. The van der Waals surface area contributed by atoms with E-state index in [2.05, 4.69) is 16.7 Å². The van der Waals surface area contributed by atoms with Crippen molar-refractivity contribution in [3.05, 3.63) is 101 Å². The monoisotopic (exact) mass is 418 g/mol. The number of benzene rings is 3. The summed E-state index contributed by atoms with van der Waals surface area (Å²) in [5.74, 6) is 0.0228. The first-order chi connectivity index (χ1) is 15.0. The third-order valence-corrected chi connectivity index (χ3v) is 5.94.